The topological polar surface area (TPSA) is 94.2 Å². The van der Waals surface area contributed by atoms with Crippen molar-refractivity contribution in [2.24, 2.45) is 0 Å². The molecule has 0 aliphatic carbocycles. The molecule has 21 heavy (non-hydrogen) atoms. The highest BCUT2D eigenvalue weighted by Gasteiger charge is 2.15. The van der Waals surface area contributed by atoms with Crippen LogP contribution in [0.2, 0.25) is 5.02 Å². The third-order valence-electron chi connectivity index (χ3n) is 2.70. The van der Waals surface area contributed by atoms with E-state index < -0.39 is 0 Å². The number of phenolic OH excluding ortho intramolecular Hbond substituents is 1. The summed E-state index contributed by atoms with van der Waals surface area (Å²) in [6.45, 7) is 0. The van der Waals surface area contributed by atoms with E-state index in [4.69, 9.17) is 20.9 Å². The normalized spacial score (nSPS) is 10.6. The summed E-state index contributed by atoms with van der Waals surface area (Å²) in [5.74, 6) is 0.774. The number of benzene rings is 1. The van der Waals surface area contributed by atoms with Gasteiger partial charge in [-0.05, 0) is 18.2 Å². The fourth-order valence-electron chi connectivity index (χ4n) is 1.70. The van der Waals surface area contributed by atoms with E-state index in [9.17, 15) is 5.11 Å². The first kappa shape index (κ1) is 13.3. The van der Waals surface area contributed by atoms with Gasteiger partial charge in [-0.15, -0.1) is 0 Å². The Bertz CT molecular complexity index is 791. The molecule has 0 bridgehead atoms. The summed E-state index contributed by atoms with van der Waals surface area (Å²) < 4.78 is 10.1. The molecule has 1 N–H and O–H groups in total. The van der Waals surface area contributed by atoms with E-state index >= 15 is 0 Å². The first-order chi connectivity index (χ1) is 10.2. The van der Waals surface area contributed by atoms with Crippen LogP contribution in [0, 0.1) is 0 Å². The molecule has 0 saturated carbocycles. The maximum absolute atomic E-state index is 9.85. The standard InChI is InChI=1S/C13H9ClN4O3/c1-20-11-5-9(15-6-16-11)12-17-13(21-18-12)8-3-2-7(14)4-10(8)19/h2-6,19H,1H3. The second-order valence-electron chi connectivity index (χ2n) is 4.03. The quantitative estimate of drug-likeness (QED) is 0.794. The van der Waals surface area contributed by atoms with Crippen LogP contribution in [0.15, 0.2) is 35.1 Å². The molecule has 3 rings (SSSR count). The maximum Gasteiger partial charge on any atom is 0.262 e. The zero-order chi connectivity index (χ0) is 14.8. The predicted molar refractivity (Wildman–Crippen MR) is 74.0 cm³/mol. The zero-order valence-corrected chi connectivity index (χ0v) is 11.6. The Hall–Kier alpha value is -2.67. The van der Waals surface area contributed by atoms with E-state index in [1.54, 1.807) is 18.2 Å². The average Bonchev–Trinajstić information content (AvgIpc) is 2.97. The molecule has 0 unspecified atom stereocenters. The van der Waals surface area contributed by atoms with Crippen molar-refractivity contribution in [2.75, 3.05) is 7.11 Å². The molecule has 1 aromatic carbocycles. The highest BCUT2D eigenvalue weighted by Crippen LogP contribution is 2.31. The Morgan fingerprint density at radius 3 is 2.86 bits per heavy atom. The zero-order valence-electron chi connectivity index (χ0n) is 10.8. The van der Waals surface area contributed by atoms with Crippen LogP contribution in [0.25, 0.3) is 23.0 Å². The molecule has 0 radical (unpaired) electrons. The van der Waals surface area contributed by atoms with Crippen LogP contribution in [0.4, 0.5) is 0 Å². The maximum atomic E-state index is 9.85. The third-order valence-corrected chi connectivity index (χ3v) is 2.93. The molecule has 0 saturated heterocycles. The van der Waals surface area contributed by atoms with Crippen molar-refractivity contribution in [3.05, 3.63) is 35.6 Å². The molecule has 0 amide bonds. The Morgan fingerprint density at radius 2 is 2.10 bits per heavy atom. The summed E-state index contributed by atoms with van der Waals surface area (Å²) in [4.78, 5) is 12.1. The first-order valence-electron chi connectivity index (χ1n) is 5.86. The molecule has 7 nitrogen and oxygen atoms in total. The van der Waals surface area contributed by atoms with Gasteiger partial charge in [0.1, 0.15) is 17.8 Å². The summed E-state index contributed by atoms with van der Waals surface area (Å²) in [5, 5.41) is 14.1. The van der Waals surface area contributed by atoms with Gasteiger partial charge < -0.3 is 14.4 Å². The number of nitrogens with zero attached hydrogens (tertiary/aromatic N) is 4. The molecule has 2 heterocycles. The molecule has 106 valence electrons. The molecular formula is C13H9ClN4O3. The van der Waals surface area contributed by atoms with Crippen LogP contribution >= 0.6 is 11.6 Å². The Kier molecular flexibility index (Phi) is 3.41. The highest BCUT2D eigenvalue weighted by molar-refractivity contribution is 6.30. The lowest BCUT2D eigenvalue weighted by Gasteiger charge is -1.99. The number of aromatic nitrogens is 4. The van der Waals surface area contributed by atoms with E-state index in [2.05, 4.69) is 20.1 Å². The summed E-state index contributed by atoms with van der Waals surface area (Å²) in [6.07, 6.45) is 1.34. The van der Waals surface area contributed by atoms with Gasteiger partial charge >= 0.3 is 0 Å². The van der Waals surface area contributed by atoms with Crippen molar-refractivity contribution in [2.45, 2.75) is 0 Å². The molecular weight excluding hydrogens is 296 g/mol. The SMILES string of the molecule is COc1cc(-c2noc(-c3ccc(Cl)cc3O)n2)ncn1. The monoisotopic (exact) mass is 304 g/mol. The molecule has 3 aromatic rings. The molecule has 0 spiro atoms. The summed E-state index contributed by atoms with van der Waals surface area (Å²) in [7, 11) is 1.50. The fourth-order valence-corrected chi connectivity index (χ4v) is 1.86. The van der Waals surface area contributed by atoms with Crippen LogP contribution in [-0.2, 0) is 0 Å². The Balaban J connectivity index is 1.99. The largest absolute Gasteiger partial charge is 0.507 e. The Morgan fingerprint density at radius 1 is 1.24 bits per heavy atom. The summed E-state index contributed by atoms with van der Waals surface area (Å²) in [6, 6.07) is 6.19. The lowest BCUT2D eigenvalue weighted by atomic mass is 10.2. The number of halogens is 1. The van der Waals surface area contributed by atoms with Crippen LogP contribution in [-0.4, -0.2) is 32.3 Å². The van der Waals surface area contributed by atoms with E-state index in [0.717, 1.165) is 0 Å². The summed E-state index contributed by atoms with van der Waals surface area (Å²) in [5.41, 5.74) is 0.837. The fraction of sp³-hybridized carbons (Fsp3) is 0.0769. The van der Waals surface area contributed by atoms with E-state index in [-0.39, 0.29) is 17.5 Å². The number of phenols is 1. The molecule has 8 heteroatoms. The van der Waals surface area contributed by atoms with Crippen molar-refractivity contribution in [1.82, 2.24) is 20.1 Å². The number of hydrogen-bond donors (Lipinski definition) is 1. The number of ether oxygens (including phenoxy) is 1. The van der Waals surface area contributed by atoms with Gasteiger partial charge in [-0.25, -0.2) is 9.97 Å². The van der Waals surface area contributed by atoms with Gasteiger partial charge in [0.05, 0.1) is 12.7 Å². The predicted octanol–water partition coefficient (Wildman–Crippen LogP) is 2.56. The average molecular weight is 305 g/mol. The number of rotatable bonds is 3. The number of methoxy groups -OCH3 is 1. The summed E-state index contributed by atoms with van der Waals surface area (Å²) >= 11 is 5.78. The van der Waals surface area contributed by atoms with Crippen molar-refractivity contribution < 1.29 is 14.4 Å². The lowest BCUT2D eigenvalue weighted by molar-refractivity contribution is 0.397. The van der Waals surface area contributed by atoms with Crippen molar-refractivity contribution >= 4 is 11.6 Å². The lowest BCUT2D eigenvalue weighted by Crippen LogP contribution is -1.91. The highest BCUT2D eigenvalue weighted by atomic mass is 35.5. The van der Waals surface area contributed by atoms with Crippen LogP contribution in [0.1, 0.15) is 0 Å². The first-order valence-corrected chi connectivity index (χ1v) is 6.24. The van der Waals surface area contributed by atoms with Gasteiger partial charge in [0.2, 0.25) is 11.7 Å². The number of hydrogen-bond acceptors (Lipinski definition) is 7. The van der Waals surface area contributed by atoms with Crippen molar-refractivity contribution in [1.29, 1.82) is 0 Å². The second-order valence-corrected chi connectivity index (χ2v) is 4.47. The van der Waals surface area contributed by atoms with E-state index in [1.165, 1.54) is 19.5 Å². The minimum absolute atomic E-state index is 0.0435. The van der Waals surface area contributed by atoms with Crippen LogP contribution < -0.4 is 4.74 Å². The minimum Gasteiger partial charge on any atom is -0.507 e. The van der Waals surface area contributed by atoms with Crippen LogP contribution in [0.3, 0.4) is 0 Å². The van der Waals surface area contributed by atoms with Gasteiger partial charge in [-0.2, -0.15) is 4.98 Å². The van der Waals surface area contributed by atoms with E-state index in [0.29, 0.717) is 22.2 Å². The third kappa shape index (κ3) is 2.63. The molecule has 2 aromatic heterocycles. The van der Waals surface area contributed by atoms with E-state index in [1.807, 2.05) is 0 Å². The van der Waals surface area contributed by atoms with Gasteiger partial charge in [-0.3, -0.25) is 0 Å². The van der Waals surface area contributed by atoms with Gasteiger partial charge in [0.25, 0.3) is 5.89 Å². The smallest absolute Gasteiger partial charge is 0.262 e. The van der Waals surface area contributed by atoms with Gasteiger partial charge in [-0.1, -0.05) is 16.8 Å². The molecule has 0 aliphatic rings. The molecule has 0 atom stereocenters. The van der Waals surface area contributed by atoms with Gasteiger partial charge in [0.15, 0.2) is 0 Å². The molecule has 0 fully saturated rings. The molecule has 0 aliphatic heterocycles. The second kappa shape index (κ2) is 5.37. The number of aromatic hydroxyl groups is 1. The van der Waals surface area contributed by atoms with Crippen molar-refractivity contribution in [3.8, 4) is 34.6 Å². The van der Waals surface area contributed by atoms with Crippen LogP contribution in [0.5, 0.6) is 11.6 Å². The van der Waals surface area contributed by atoms with Crippen molar-refractivity contribution in [3.63, 3.8) is 0 Å². The Labute approximate surface area is 124 Å². The van der Waals surface area contributed by atoms with Gasteiger partial charge in [0, 0.05) is 11.1 Å². The minimum atomic E-state index is -0.0435.